The average molecular weight is 207 g/mol. The molecule has 1 N–H and O–H groups in total. The van der Waals surface area contributed by atoms with Gasteiger partial charge in [-0.2, -0.15) is 0 Å². The van der Waals surface area contributed by atoms with Crippen molar-refractivity contribution in [1.82, 2.24) is 9.97 Å². The van der Waals surface area contributed by atoms with E-state index in [1.54, 1.807) is 11.1 Å². The summed E-state index contributed by atoms with van der Waals surface area (Å²) in [6.45, 7) is 2.99. The van der Waals surface area contributed by atoms with Crippen molar-refractivity contribution in [1.29, 1.82) is 0 Å². The number of carbonyl (C=O) groups is 1. The Balaban J connectivity index is 2.03. The summed E-state index contributed by atoms with van der Waals surface area (Å²) in [4.78, 5) is 20.8. The minimum atomic E-state index is 0.209. The van der Waals surface area contributed by atoms with Crippen LogP contribution in [0.5, 0.6) is 0 Å². The fourth-order valence-corrected chi connectivity index (χ4v) is 1.86. The first-order valence-corrected chi connectivity index (χ1v) is 5.65. The molecule has 0 spiro atoms. The van der Waals surface area contributed by atoms with Crippen LogP contribution >= 0.6 is 0 Å². The highest BCUT2D eigenvalue weighted by atomic mass is 16.2. The number of nitrogens with one attached hydrogen (secondary N) is 1. The molecule has 1 aromatic rings. The van der Waals surface area contributed by atoms with E-state index in [-0.39, 0.29) is 5.91 Å². The first kappa shape index (κ1) is 10.2. The summed E-state index contributed by atoms with van der Waals surface area (Å²) in [7, 11) is 0. The Morgan fingerprint density at radius 3 is 3.13 bits per heavy atom. The Morgan fingerprint density at radius 1 is 1.60 bits per heavy atom. The van der Waals surface area contributed by atoms with E-state index in [1.165, 1.54) is 6.42 Å². The molecule has 4 heteroatoms. The van der Waals surface area contributed by atoms with Crippen LogP contribution in [0, 0.1) is 0 Å². The van der Waals surface area contributed by atoms with E-state index in [0.717, 1.165) is 37.4 Å². The number of H-pyrrole nitrogens is 1. The predicted octanol–water partition coefficient (Wildman–Crippen LogP) is 1.88. The number of aryl methyl sites for hydroxylation is 1. The van der Waals surface area contributed by atoms with Crippen molar-refractivity contribution in [3.63, 3.8) is 0 Å². The molecule has 1 aliphatic rings. The maximum Gasteiger partial charge on any atom is 0.228 e. The molecule has 1 saturated heterocycles. The van der Waals surface area contributed by atoms with Crippen molar-refractivity contribution >= 4 is 11.7 Å². The van der Waals surface area contributed by atoms with Crippen molar-refractivity contribution in [2.24, 2.45) is 0 Å². The minimum absolute atomic E-state index is 0.209. The summed E-state index contributed by atoms with van der Waals surface area (Å²) < 4.78 is 0. The van der Waals surface area contributed by atoms with Gasteiger partial charge in [-0.25, -0.2) is 4.98 Å². The van der Waals surface area contributed by atoms with E-state index in [0.29, 0.717) is 6.42 Å². The van der Waals surface area contributed by atoms with Gasteiger partial charge in [-0.3, -0.25) is 9.69 Å². The summed E-state index contributed by atoms with van der Waals surface area (Å²) in [5.74, 6) is 2.07. The molecule has 0 aromatic carbocycles. The van der Waals surface area contributed by atoms with Crippen molar-refractivity contribution in [3.05, 3.63) is 12.0 Å². The van der Waals surface area contributed by atoms with Crippen molar-refractivity contribution in [2.75, 3.05) is 11.4 Å². The molecular weight excluding hydrogens is 190 g/mol. The van der Waals surface area contributed by atoms with Gasteiger partial charge in [0, 0.05) is 19.4 Å². The van der Waals surface area contributed by atoms with Gasteiger partial charge in [-0.15, -0.1) is 0 Å². The van der Waals surface area contributed by atoms with Crippen molar-refractivity contribution < 1.29 is 4.79 Å². The Kier molecular flexibility index (Phi) is 3.04. The molecule has 0 radical (unpaired) electrons. The van der Waals surface area contributed by atoms with Gasteiger partial charge in [0.15, 0.2) is 0 Å². The molecule has 1 amide bonds. The number of hydrogen-bond acceptors (Lipinski definition) is 2. The molecule has 2 rings (SSSR count). The summed E-state index contributed by atoms with van der Waals surface area (Å²) in [5, 5.41) is 0. The zero-order valence-corrected chi connectivity index (χ0v) is 9.12. The SMILES string of the molecule is CCCCc1ncc(N2CCCC2=O)[nH]1. The van der Waals surface area contributed by atoms with Gasteiger partial charge in [0.2, 0.25) is 5.91 Å². The standard InChI is InChI=1S/C11H17N3O/c1-2-3-5-9-12-8-10(13-9)14-7-4-6-11(14)15/h8H,2-7H2,1H3,(H,12,13). The number of unbranched alkanes of at least 4 members (excludes halogenated alkanes) is 1. The zero-order valence-electron chi connectivity index (χ0n) is 9.12. The second kappa shape index (κ2) is 4.47. The molecule has 0 aliphatic carbocycles. The Hall–Kier alpha value is -1.32. The van der Waals surface area contributed by atoms with Gasteiger partial charge in [0.1, 0.15) is 11.6 Å². The van der Waals surface area contributed by atoms with Gasteiger partial charge in [-0.05, 0) is 12.8 Å². The van der Waals surface area contributed by atoms with Gasteiger partial charge in [0.25, 0.3) is 0 Å². The van der Waals surface area contributed by atoms with Crippen LogP contribution in [-0.2, 0) is 11.2 Å². The number of nitrogens with zero attached hydrogens (tertiary/aromatic N) is 2. The lowest BCUT2D eigenvalue weighted by molar-refractivity contribution is -0.117. The monoisotopic (exact) mass is 207 g/mol. The number of aromatic nitrogens is 2. The van der Waals surface area contributed by atoms with E-state index in [4.69, 9.17) is 0 Å². The molecule has 4 nitrogen and oxygen atoms in total. The third kappa shape index (κ3) is 2.19. The van der Waals surface area contributed by atoms with Crippen LogP contribution in [0.1, 0.15) is 38.4 Å². The fourth-order valence-electron chi connectivity index (χ4n) is 1.86. The van der Waals surface area contributed by atoms with Crippen LogP contribution in [0.2, 0.25) is 0 Å². The second-order valence-corrected chi connectivity index (χ2v) is 3.97. The molecule has 1 aromatic heterocycles. The van der Waals surface area contributed by atoms with Crippen LogP contribution in [0.15, 0.2) is 6.20 Å². The van der Waals surface area contributed by atoms with Crippen LogP contribution in [0.25, 0.3) is 0 Å². The number of imidazole rings is 1. The molecule has 82 valence electrons. The summed E-state index contributed by atoms with van der Waals surface area (Å²) in [5.41, 5.74) is 0. The van der Waals surface area contributed by atoms with Gasteiger partial charge in [0.05, 0.1) is 6.20 Å². The zero-order chi connectivity index (χ0) is 10.7. The fraction of sp³-hybridized carbons (Fsp3) is 0.636. The lowest BCUT2D eigenvalue weighted by Gasteiger charge is -2.11. The lowest BCUT2D eigenvalue weighted by atomic mass is 10.2. The average Bonchev–Trinajstić information content (AvgIpc) is 2.83. The highest BCUT2D eigenvalue weighted by Crippen LogP contribution is 2.19. The van der Waals surface area contributed by atoms with Crippen LogP contribution in [-0.4, -0.2) is 22.4 Å². The van der Waals surface area contributed by atoms with Crippen LogP contribution in [0.3, 0.4) is 0 Å². The topological polar surface area (TPSA) is 49.0 Å². The van der Waals surface area contributed by atoms with E-state index in [2.05, 4.69) is 16.9 Å². The molecular formula is C11H17N3O. The summed E-state index contributed by atoms with van der Waals surface area (Å²) in [6, 6.07) is 0. The number of hydrogen-bond donors (Lipinski definition) is 1. The molecule has 1 fully saturated rings. The lowest BCUT2D eigenvalue weighted by Crippen LogP contribution is -2.23. The molecule has 1 aliphatic heterocycles. The normalized spacial score (nSPS) is 16.3. The predicted molar refractivity (Wildman–Crippen MR) is 58.8 cm³/mol. The van der Waals surface area contributed by atoms with Gasteiger partial charge < -0.3 is 4.98 Å². The highest BCUT2D eigenvalue weighted by Gasteiger charge is 2.22. The molecule has 0 saturated carbocycles. The van der Waals surface area contributed by atoms with Gasteiger partial charge >= 0.3 is 0 Å². The Bertz CT molecular complexity index is 345. The maximum absolute atomic E-state index is 11.5. The Morgan fingerprint density at radius 2 is 2.47 bits per heavy atom. The van der Waals surface area contributed by atoms with Crippen LogP contribution in [0.4, 0.5) is 5.82 Å². The second-order valence-electron chi connectivity index (χ2n) is 3.97. The number of aromatic amines is 1. The smallest absolute Gasteiger partial charge is 0.228 e. The first-order valence-electron chi connectivity index (χ1n) is 5.65. The van der Waals surface area contributed by atoms with E-state index in [1.807, 2.05) is 0 Å². The number of anilines is 1. The van der Waals surface area contributed by atoms with Crippen LogP contribution < -0.4 is 4.90 Å². The quantitative estimate of drug-likeness (QED) is 0.819. The maximum atomic E-state index is 11.5. The summed E-state index contributed by atoms with van der Waals surface area (Å²) >= 11 is 0. The molecule has 15 heavy (non-hydrogen) atoms. The van der Waals surface area contributed by atoms with Gasteiger partial charge in [-0.1, -0.05) is 13.3 Å². The van der Waals surface area contributed by atoms with Crippen molar-refractivity contribution in [3.8, 4) is 0 Å². The highest BCUT2D eigenvalue weighted by molar-refractivity contribution is 5.94. The number of rotatable bonds is 4. The van der Waals surface area contributed by atoms with E-state index >= 15 is 0 Å². The van der Waals surface area contributed by atoms with Crippen molar-refractivity contribution in [2.45, 2.75) is 39.0 Å². The van der Waals surface area contributed by atoms with E-state index < -0.39 is 0 Å². The third-order valence-electron chi connectivity index (χ3n) is 2.75. The Labute approximate surface area is 89.7 Å². The minimum Gasteiger partial charge on any atom is -0.329 e. The van der Waals surface area contributed by atoms with E-state index in [9.17, 15) is 4.79 Å². The molecule has 0 atom stereocenters. The number of amides is 1. The largest absolute Gasteiger partial charge is 0.329 e. The third-order valence-corrected chi connectivity index (χ3v) is 2.75. The molecule has 2 heterocycles. The molecule has 0 bridgehead atoms. The molecule has 0 unspecified atom stereocenters. The summed E-state index contributed by atoms with van der Waals surface area (Å²) in [6.07, 6.45) is 6.68. The first-order chi connectivity index (χ1) is 7.31. The number of carbonyl (C=O) groups excluding carboxylic acids is 1.